The minimum Gasteiger partial charge on any atom is -0.375 e. The van der Waals surface area contributed by atoms with Crippen LogP contribution in [0.4, 0.5) is 19.3 Å². The zero-order valence-electron chi connectivity index (χ0n) is 16.6. The molecule has 3 heterocycles. The van der Waals surface area contributed by atoms with Gasteiger partial charge in [0.05, 0.1) is 17.1 Å². The SMILES string of the molecule is O=C1CN(C2CC2)C(=O)N1C1c2n[nH]c(=O)c3cc(F)cc(c23)NC1c1ccc(F)cc1. The van der Waals surface area contributed by atoms with Gasteiger partial charge in [0.1, 0.15) is 24.2 Å². The van der Waals surface area contributed by atoms with Gasteiger partial charge in [0.25, 0.3) is 11.5 Å². The first-order valence-corrected chi connectivity index (χ1v) is 10.3. The summed E-state index contributed by atoms with van der Waals surface area (Å²) in [6, 6.07) is 5.94. The van der Waals surface area contributed by atoms with E-state index in [1.165, 1.54) is 30.3 Å². The van der Waals surface area contributed by atoms with Gasteiger partial charge in [0.15, 0.2) is 0 Å². The summed E-state index contributed by atoms with van der Waals surface area (Å²) in [6.45, 7) is -0.0289. The van der Waals surface area contributed by atoms with Crippen LogP contribution in [0.5, 0.6) is 0 Å². The van der Waals surface area contributed by atoms with Crippen LogP contribution in [0.25, 0.3) is 10.8 Å². The quantitative estimate of drug-likeness (QED) is 0.614. The Morgan fingerprint density at radius 2 is 1.75 bits per heavy atom. The number of benzene rings is 2. The molecular formula is C22H17F2N5O3. The molecule has 3 aliphatic rings. The average Bonchev–Trinajstić information content (AvgIpc) is 3.56. The molecule has 2 aliphatic heterocycles. The number of hydrogen-bond donors (Lipinski definition) is 2. The summed E-state index contributed by atoms with van der Waals surface area (Å²) in [4.78, 5) is 41.4. The van der Waals surface area contributed by atoms with Crippen LogP contribution in [-0.2, 0) is 4.79 Å². The third-order valence-corrected chi connectivity index (χ3v) is 6.31. The minimum absolute atomic E-state index is 0.0289. The van der Waals surface area contributed by atoms with Gasteiger partial charge in [-0.05, 0) is 42.7 Å². The molecule has 6 rings (SSSR count). The summed E-state index contributed by atoms with van der Waals surface area (Å²) in [5.41, 5.74) is 0.598. The van der Waals surface area contributed by atoms with E-state index < -0.39 is 35.3 Å². The van der Waals surface area contributed by atoms with Crippen molar-refractivity contribution in [1.29, 1.82) is 0 Å². The van der Waals surface area contributed by atoms with Gasteiger partial charge in [-0.2, -0.15) is 5.10 Å². The van der Waals surface area contributed by atoms with E-state index in [1.54, 1.807) is 4.90 Å². The molecule has 1 aliphatic carbocycles. The van der Waals surface area contributed by atoms with Crippen LogP contribution >= 0.6 is 0 Å². The lowest BCUT2D eigenvalue weighted by Gasteiger charge is -2.38. The second-order valence-electron chi connectivity index (χ2n) is 8.34. The number of nitrogens with one attached hydrogen (secondary N) is 2. The normalized spacial score (nSPS) is 22.6. The lowest BCUT2D eigenvalue weighted by molar-refractivity contribution is -0.127. The Morgan fingerprint density at radius 1 is 1.00 bits per heavy atom. The molecular weight excluding hydrogens is 420 g/mol. The van der Waals surface area contributed by atoms with E-state index in [9.17, 15) is 23.2 Å². The van der Waals surface area contributed by atoms with Crippen LogP contribution in [0.1, 0.15) is 36.2 Å². The molecule has 1 aromatic heterocycles. The van der Waals surface area contributed by atoms with Gasteiger partial charge < -0.3 is 10.2 Å². The highest BCUT2D eigenvalue weighted by Crippen LogP contribution is 2.47. The number of aromatic amines is 1. The van der Waals surface area contributed by atoms with Gasteiger partial charge in [-0.25, -0.2) is 18.7 Å². The first kappa shape index (κ1) is 18.9. The van der Waals surface area contributed by atoms with E-state index in [4.69, 9.17) is 0 Å². The molecule has 0 radical (unpaired) electrons. The predicted molar refractivity (Wildman–Crippen MR) is 110 cm³/mol. The summed E-state index contributed by atoms with van der Waals surface area (Å²) in [5, 5.41) is 10.2. The maximum absolute atomic E-state index is 14.3. The molecule has 1 saturated carbocycles. The number of amides is 3. The maximum atomic E-state index is 14.3. The van der Waals surface area contributed by atoms with Gasteiger partial charge in [0, 0.05) is 17.1 Å². The van der Waals surface area contributed by atoms with E-state index in [0.717, 1.165) is 23.8 Å². The number of carbonyl (C=O) groups excluding carboxylic acids is 2. The Balaban J connectivity index is 1.58. The van der Waals surface area contributed by atoms with Crippen molar-refractivity contribution < 1.29 is 18.4 Å². The maximum Gasteiger partial charge on any atom is 0.328 e. The molecule has 0 spiro atoms. The van der Waals surface area contributed by atoms with Crippen LogP contribution in [0.15, 0.2) is 41.2 Å². The van der Waals surface area contributed by atoms with E-state index >= 15 is 0 Å². The summed E-state index contributed by atoms with van der Waals surface area (Å²) in [5.74, 6) is -1.44. The molecule has 2 aromatic carbocycles. The zero-order chi connectivity index (χ0) is 22.1. The van der Waals surface area contributed by atoms with E-state index in [1.807, 2.05) is 0 Å². The van der Waals surface area contributed by atoms with Crippen molar-refractivity contribution in [3.05, 3.63) is 69.6 Å². The molecule has 3 amide bonds. The van der Waals surface area contributed by atoms with Gasteiger partial charge >= 0.3 is 6.03 Å². The number of rotatable bonds is 3. The number of hydrogen-bond acceptors (Lipinski definition) is 5. The lowest BCUT2D eigenvalue weighted by atomic mass is 9.88. The lowest BCUT2D eigenvalue weighted by Crippen LogP contribution is -2.43. The van der Waals surface area contributed by atoms with Crippen molar-refractivity contribution in [3.8, 4) is 0 Å². The molecule has 8 nitrogen and oxygen atoms in total. The van der Waals surface area contributed by atoms with Gasteiger partial charge in [-0.1, -0.05) is 12.1 Å². The molecule has 0 bridgehead atoms. The van der Waals surface area contributed by atoms with Crippen LogP contribution in [0, 0.1) is 11.6 Å². The smallest absolute Gasteiger partial charge is 0.328 e. The molecule has 1 saturated heterocycles. The Hall–Kier alpha value is -3.82. The first-order chi connectivity index (χ1) is 15.4. The third kappa shape index (κ3) is 2.72. The number of carbonyl (C=O) groups is 2. The largest absolute Gasteiger partial charge is 0.375 e. The fraction of sp³-hybridized carbons (Fsp3) is 0.273. The molecule has 10 heteroatoms. The highest BCUT2D eigenvalue weighted by atomic mass is 19.1. The summed E-state index contributed by atoms with van der Waals surface area (Å²) < 4.78 is 27.9. The number of anilines is 1. The number of imide groups is 1. The number of urea groups is 1. The van der Waals surface area contributed by atoms with Crippen molar-refractivity contribution in [1.82, 2.24) is 20.0 Å². The Labute approximate surface area is 179 Å². The molecule has 162 valence electrons. The van der Waals surface area contributed by atoms with E-state index in [2.05, 4.69) is 15.5 Å². The zero-order valence-corrected chi connectivity index (χ0v) is 16.6. The number of aromatic nitrogens is 2. The van der Waals surface area contributed by atoms with E-state index in [0.29, 0.717) is 16.6 Å². The summed E-state index contributed by atoms with van der Waals surface area (Å²) in [6.07, 6.45) is 1.70. The molecule has 2 atom stereocenters. The van der Waals surface area contributed by atoms with Crippen LogP contribution in [0.2, 0.25) is 0 Å². The van der Waals surface area contributed by atoms with Crippen molar-refractivity contribution >= 4 is 28.4 Å². The molecule has 3 aromatic rings. The number of halogens is 2. The average molecular weight is 437 g/mol. The number of H-pyrrole nitrogens is 1. The van der Waals surface area contributed by atoms with Gasteiger partial charge in [-0.15, -0.1) is 0 Å². The Bertz CT molecular complexity index is 1350. The van der Waals surface area contributed by atoms with Crippen molar-refractivity contribution in [3.63, 3.8) is 0 Å². The fourth-order valence-electron chi connectivity index (χ4n) is 4.71. The highest BCUT2D eigenvalue weighted by Gasteiger charge is 2.50. The Morgan fingerprint density at radius 3 is 2.47 bits per heavy atom. The molecule has 2 unspecified atom stereocenters. The molecule has 2 N–H and O–H groups in total. The van der Waals surface area contributed by atoms with Crippen LogP contribution in [-0.4, -0.2) is 44.5 Å². The molecule has 32 heavy (non-hydrogen) atoms. The third-order valence-electron chi connectivity index (χ3n) is 6.31. The summed E-state index contributed by atoms with van der Waals surface area (Å²) >= 11 is 0. The Kier molecular flexibility index (Phi) is 3.89. The standard InChI is InChI=1S/C22H17F2N5O3/c23-11-3-1-10(2-4-11)18-20(29-16(30)9-28(22(29)32)13-5-6-13)19-17-14(21(31)27-26-19)7-12(24)8-15(17)25-18/h1-4,7-8,13,18,20,25H,5-6,9H2,(H,27,31). The van der Waals surface area contributed by atoms with Crippen molar-refractivity contribution in [2.75, 3.05) is 11.9 Å². The molecule has 2 fully saturated rings. The minimum atomic E-state index is -0.915. The second kappa shape index (κ2) is 6.59. The first-order valence-electron chi connectivity index (χ1n) is 10.3. The van der Waals surface area contributed by atoms with Crippen LogP contribution < -0.4 is 10.9 Å². The monoisotopic (exact) mass is 437 g/mol. The second-order valence-corrected chi connectivity index (χ2v) is 8.34. The summed E-state index contributed by atoms with van der Waals surface area (Å²) in [7, 11) is 0. The predicted octanol–water partition coefficient (Wildman–Crippen LogP) is 2.84. The van der Waals surface area contributed by atoms with E-state index in [-0.39, 0.29) is 29.6 Å². The highest BCUT2D eigenvalue weighted by molar-refractivity contribution is 6.04. The number of nitrogens with zero attached hydrogens (tertiary/aromatic N) is 3. The topological polar surface area (TPSA) is 98.4 Å². The van der Waals surface area contributed by atoms with Crippen molar-refractivity contribution in [2.24, 2.45) is 0 Å². The van der Waals surface area contributed by atoms with Gasteiger partial charge in [-0.3, -0.25) is 14.5 Å². The van der Waals surface area contributed by atoms with Crippen molar-refractivity contribution in [2.45, 2.75) is 31.0 Å². The fourth-order valence-corrected chi connectivity index (χ4v) is 4.71. The van der Waals surface area contributed by atoms with Gasteiger partial charge in [0.2, 0.25) is 0 Å². The van der Waals surface area contributed by atoms with Crippen LogP contribution in [0.3, 0.4) is 0 Å².